The van der Waals surface area contributed by atoms with Gasteiger partial charge in [-0.25, -0.2) is 0 Å². The van der Waals surface area contributed by atoms with Gasteiger partial charge in [0, 0.05) is 25.0 Å². The molecule has 0 saturated carbocycles. The number of halogens is 2. The van der Waals surface area contributed by atoms with Crippen molar-refractivity contribution in [1.29, 1.82) is 0 Å². The Labute approximate surface area is 120 Å². The molecule has 1 amide bonds. The van der Waals surface area contributed by atoms with Crippen molar-refractivity contribution in [3.05, 3.63) is 35.9 Å². The molecule has 1 aromatic rings. The molecule has 2 atom stereocenters. The SMILES string of the molecule is Cl.Cl.NC(=O)CN1C[C@H](c2ccccc2)[C@@H](N)C1. The molecule has 0 bridgehead atoms. The highest BCUT2D eigenvalue weighted by atomic mass is 35.5. The Hall–Kier alpha value is -0.810. The van der Waals surface area contributed by atoms with E-state index in [1.807, 2.05) is 23.1 Å². The molecule has 1 aliphatic heterocycles. The number of nitrogens with two attached hydrogens (primary N) is 2. The van der Waals surface area contributed by atoms with Crippen LogP contribution in [0.1, 0.15) is 11.5 Å². The Balaban J connectivity index is 0.00000144. The minimum Gasteiger partial charge on any atom is -0.369 e. The second-order valence-corrected chi connectivity index (χ2v) is 4.34. The number of benzene rings is 1. The minimum atomic E-state index is -0.291. The summed E-state index contributed by atoms with van der Waals surface area (Å²) in [6.45, 7) is 1.85. The maximum atomic E-state index is 10.8. The van der Waals surface area contributed by atoms with Gasteiger partial charge in [-0.2, -0.15) is 0 Å². The van der Waals surface area contributed by atoms with E-state index in [4.69, 9.17) is 11.5 Å². The molecule has 102 valence electrons. The van der Waals surface area contributed by atoms with Crippen molar-refractivity contribution in [2.75, 3.05) is 19.6 Å². The summed E-state index contributed by atoms with van der Waals surface area (Å²) in [7, 11) is 0. The Morgan fingerprint density at radius 1 is 1.22 bits per heavy atom. The summed E-state index contributed by atoms with van der Waals surface area (Å²) in [6.07, 6.45) is 0. The highest BCUT2D eigenvalue weighted by Gasteiger charge is 2.31. The number of carbonyl (C=O) groups excluding carboxylic acids is 1. The first-order chi connectivity index (χ1) is 7.66. The average molecular weight is 292 g/mol. The maximum Gasteiger partial charge on any atom is 0.231 e. The second kappa shape index (κ2) is 7.59. The van der Waals surface area contributed by atoms with Gasteiger partial charge in [-0.1, -0.05) is 30.3 Å². The lowest BCUT2D eigenvalue weighted by Gasteiger charge is -2.14. The Bertz CT molecular complexity index is 375. The molecule has 4 N–H and O–H groups in total. The summed E-state index contributed by atoms with van der Waals surface area (Å²) < 4.78 is 0. The number of primary amides is 1. The molecule has 4 nitrogen and oxygen atoms in total. The zero-order valence-electron chi connectivity index (χ0n) is 9.99. The largest absolute Gasteiger partial charge is 0.369 e. The van der Waals surface area contributed by atoms with Gasteiger partial charge in [-0.05, 0) is 5.56 Å². The van der Waals surface area contributed by atoms with E-state index in [0.29, 0.717) is 12.5 Å². The number of hydrogen-bond donors (Lipinski definition) is 2. The lowest BCUT2D eigenvalue weighted by molar-refractivity contribution is -0.118. The van der Waals surface area contributed by atoms with E-state index in [9.17, 15) is 4.79 Å². The molecule has 0 unspecified atom stereocenters. The van der Waals surface area contributed by atoms with Crippen molar-refractivity contribution in [1.82, 2.24) is 4.90 Å². The van der Waals surface area contributed by atoms with Crippen LogP contribution >= 0.6 is 24.8 Å². The monoisotopic (exact) mass is 291 g/mol. The zero-order valence-corrected chi connectivity index (χ0v) is 11.6. The summed E-state index contributed by atoms with van der Waals surface area (Å²) in [5, 5.41) is 0. The zero-order chi connectivity index (χ0) is 11.5. The molecule has 0 aliphatic carbocycles. The van der Waals surface area contributed by atoms with Crippen LogP contribution in [0.4, 0.5) is 0 Å². The normalized spacial score (nSPS) is 22.9. The number of carbonyl (C=O) groups is 1. The van der Waals surface area contributed by atoms with Crippen LogP contribution in [0, 0.1) is 0 Å². The second-order valence-electron chi connectivity index (χ2n) is 4.34. The molecule has 1 heterocycles. The highest BCUT2D eigenvalue weighted by Crippen LogP contribution is 2.25. The average Bonchev–Trinajstić information content (AvgIpc) is 2.60. The van der Waals surface area contributed by atoms with Gasteiger partial charge in [0.1, 0.15) is 0 Å². The van der Waals surface area contributed by atoms with Gasteiger partial charge in [0.15, 0.2) is 0 Å². The van der Waals surface area contributed by atoms with Crippen LogP contribution in [0.25, 0.3) is 0 Å². The van der Waals surface area contributed by atoms with Gasteiger partial charge >= 0.3 is 0 Å². The first kappa shape index (κ1) is 17.2. The standard InChI is InChI=1S/C12H17N3O.2ClH/c13-11-7-15(8-12(14)16)6-10(11)9-4-2-1-3-5-9;;/h1-5,10-11H,6-8,13H2,(H2,14,16);2*1H/t10-,11+;;/m1../s1. The molecule has 0 spiro atoms. The third-order valence-corrected chi connectivity index (χ3v) is 3.05. The summed E-state index contributed by atoms with van der Waals surface area (Å²) in [5.74, 6) is 0.0152. The Morgan fingerprint density at radius 2 is 1.83 bits per heavy atom. The van der Waals surface area contributed by atoms with Crippen LogP contribution in [-0.4, -0.2) is 36.5 Å². The quantitative estimate of drug-likeness (QED) is 0.863. The van der Waals surface area contributed by atoms with E-state index in [0.717, 1.165) is 13.1 Å². The van der Waals surface area contributed by atoms with Crippen LogP contribution in [0.3, 0.4) is 0 Å². The molecular formula is C12H19Cl2N3O. The van der Waals surface area contributed by atoms with Crippen LogP contribution in [-0.2, 0) is 4.79 Å². The van der Waals surface area contributed by atoms with Crippen LogP contribution < -0.4 is 11.5 Å². The van der Waals surface area contributed by atoms with E-state index in [1.54, 1.807) is 0 Å². The molecule has 1 fully saturated rings. The first-order valence-electron chi connectivity index (χ1n) is 5.48. The summed E-state index contributed by atoms with van der Waals surface area (Å²) in [4.78, 5) is 12.9. The van der Waals surface area contributed by atoms with Crippen LogP contribution in [0.5, 0.6) is 0 Å². The molecule has 0 aromatic heterocycles. The molecule has 1 aliphatic rings. The van der Waals surface area contributed by atoms with Crippen LogP contribution in [0.2, 0.25) is 0 Å². The van der Waals surface area contributed by atoms with Gasteiger partial charge in [-0.3, -0.25) is 9.69 Å². The predicted octanol–water partition coefficient (Wildman–Crippen LogP) is 0.742. The van der Waals surface area contributed by atoms with Crippen molar-refractivity contribution in [2.45, 2.75) is 12.0 Å². The molecular weight excluding hydrogens is 273 g/mol. The van der Waals surface area contributed by atoms with E-state index < -0.39 is 0 Å². The summed E-state index contributed by atoms with van der Waals surface area (Å²) >= 11 is 0. The molecule has 2 rings (SSSR count). The predicted molar refractivity (Wildman–Crippen MR) is 77.3 cm³/mol. The van der Waals surface area contributed by atoms with E-state index >= 15 is 0 Å². The topological polar surface area (TPSA) is 72.4 Å². The lowest BCUT2D eigenvalue weighted by Crippen LogP contribution is -2.34. The van der Waals surface area contributed by atoms with Crippen molar-refractivity contribution in [3.63, 3.8) is 0 Å². The van der Waals surface area contributed by atoms with Gasteiger partial charge in [-0.15, -0.1) is 24.8 Å². The molecule has 1 aromatic carbocycles. The van der Waals surface area contributed by atoms with E-state index in [1.165, 1.54) is 5.56 Å². The van der Waals surface area contributed by atoms with Crippen molar-refractivity contribution in [3.8, 4) is 0 Å². The van der Waals surface area contributed by atoms with Gasteiger partial charge in [0.05, 0.1) is 6.54 Å². The molecule has 1 saturated heterocycles. The number of hydrogen-bond acceptors (Lipinski definition) is 3. The van der Waals surface area contributed by atoms with Crippen molar-refractivity contribution in [2.24, 2.45) is 11.5 Å². The van der Waals surface area contributed by atoms with Gasteiger partial charge in [0.2, 0.25) is 5.91 Å². The molecule has 6 heteroatoms. The first-order valence-corrected chi connectivity index (χ1v) is 5.48. The fraction of sp³-hybridized carbons (Fsp3) is 0.417. The maximum absolute atomic E-state index is 10.8. The fourth-order valence-corrected chi connectivity index (χ4v) is 2.32. The minimum absolute atomic E-state index is 0. The van der Waals surface area contributed by atoms with Gasteiger partial charge in [0.25, 0.3) is 0 Å². The highest BCUT2D eigenvalue weighted by molar-refractivity contribution is 5.85. The fourth-order valence-electron chi connectivity index (χ4n) is 2.32. The van der Waals surface area contributed by atoms with Gasteiger partial charge < -0.3 is 11.5 Å². The third-order valence-electron chi connectivity index (χ3n) is 3.05. The lowest BCUT2D eigenvalue weighted by atomic mass is 9.95. The van der Waals surface area contributed by atoms with E-state index in [2.05, 4.69) is 12.1 Å². The molecule has 0 radical (unpaired) electrons. The Morgan fingerprint density at radius 3 is 2.39 bits per heavy atom. The third kappa shape index (κ3) is 4.14. The van der Waals surface area contributed by atoms with E-state index in [-0.39, 0.29) is 36.8 Å². The number of amides is 1. The number of nitrogens with zero attached hydrogens (tertiary/aromatic N) is 1. The smallest absolute Gasteiger partial charge is 0.231 e. The summed E-state index contributed by atoms with van der Waals surface area (Å²) in [6, 6.07) is 10.3. The van der Waals surface area contributed by atoms with Crippen LogP contribution in [0.15, 0.2) is 30.3 Å². The number of rotatable bonds is 3. The van der Waals surface area contributed by atoms with Crippen molar-refractivity contribution >= 4 is 30.7 Å². The summed E-state index contributed by atoms with van der Waals surface area (Å²) in [5.41, 5.74) is 12.5. The molecule has 18 heavy (non-hydrogen) atoms. The van der Waals surface area contributed by atoms with Crippen molar-refractivity contribution < 1.29 is 4.79 Å². The Kier molecular flexibility index (Phi) is 7.25. The number of likely N-dealkylation sites (tertiary alicyclic amines) is 1.